The van der Waals surface area contributed by atoms with E-state index in [1.54, 1.807) is 0 Å². The lowest BCUT2D eigenvalue weighted by Crippen LogP contribution is -2.11. The normalized spacial score (nSPS) is 11.5. The Labute approximate surface area is 332 Å². The van der Waals surface area contributed by atoms with Gasteiger partial charge in [0.2, 0.25) is 0 Å². The molecule has 0 aliphatic rings. The summed E-state index contributed by atoms with van der Waals surface area (Å²) in [5.74, 6) is 0. The zero-order chi connectivity index (χ0) is 37.7. The van der Waals surface area contributed by atoms with E-state index in [0.29, 0.717) is 0 Å². The number of fused-ring (bicyclic) bond motifs is 8. The Morgan fingerprint density at radius 3 is 1.54 bits per heavy atom. The number of nitrogens with zero attached hydrogens (tertiary/aromatic N) is 1. The molecule has 1 nitrogen and oxygen atoms in total. The molecule has 0 spiro atoms. The van der Waals surface area contributed by atoms with Crippen molar-refractivity contribution in [1.82, 2.24) is 0 Å². The SMILES string of the molecule is c1ccc(-c2cccc(N(c3ccc4c(ccc5ccccc54)c3)c3ccccc3-c3ccc(-c4cc5c6ccccc6ccc5c5ccccc45)cc3)c2)cc1. The van der Waals surface area contributed by atoms with Crippen LogP contribution in [0.1, 0.15) is 0 Å². The van der Waals surface area contributed by atoms with Crippen molar-refractivity contribution in [2.75, 3.05) is 4.90 Å². The zero-order valence-electron chi connectivity index (χ0n) is 31.3. The summed E-state index contributed by atoms with van der Waals surface area (Å²) in [6, 6.07) is 82.1. The van der Waals surface area contributed by atoms with Crippen LogP contribution in [0.15, 0.2) is 224 Å². The van der Waals surface area contributed by atoms with Crippen molar-refractivity contribution in [1.29, 1.82) is 0 Å². The summed E-state index contributed by atoms with van der Waals surface area (Å²) in [6.07, 6.45) is 0. The molecule has 1 heteroatoms. The smallest absolute Gasteiger partial charge is 0.0540 e. The van der Waals surface area contributed by atoms with Gasteiger partial charge in [0.15, 0.2) is 0 Å². The lowest BCUT2D eigenvalue weighted by atomic mass is 9.90. The van der Waals surface area contributed by atoms with Gasteiger partial charge in [0.05, 0.1) is 5.69 Å². The molecule has 11 aromatic carbocycles. The van der Waals surface area contributed by atoms with Crippen LogP contribution in [0.2, 0.25) is 0 Å². The van der Waals surface area contributed by atoms with Crippen LogP contribution in [-0.2, 0) is 0 Å². The molecule has 11 aromatic rings. The molecule has 0 aromatic heterocycles. The first kappa shape index (κ1) is 32.9. The molecule has 0 heterocycles. The van der Waals surface area contributed by atoms with Crippen LogP contribution in [0.4, 0.5) is 17.1 Å². The third kappa shape index (κ3) is 5.72. The Kier molecular flexibility index (Phi) is 7.89. The topological polar surface area (TPSA) is 3.24 Å². The molecule has 0 bridgehead atoms. The molecule has 0 atom stereocenters. The summed E-state index contributed by atoms with van der Waals surface area (Å²) in [5.41, 5.74) is 10.5. The molecule has 0 N–H and O–H groups in total. The van der Waals surface area contributed by atoms with Gasteiger partial charge >= 0.3 is 0 Å². The van der Waals surface area contributed by atoms with Gasteiger partial charge in [-0.2, -0.15) is 0 Å². The van der Waals surface area contributed by atoms with E-state index in [2.05, 4.69) is 229 Å². The van der Waals surface area contributed by atoms with Crippen molar-refractivity contribution in [3.05, 3.63) is 224 Å². The summed E-state index contributed by atoms with van der Waals surface area (Å²) < 4.78 is 0. The van der Waals surface area contributed by atoms with Crippen LogP contribution in [0, 0.1) is 0 Å². The van der Waals surface area contributed by atoms with E-state index in [0.717, 1.165) is 17.1 Å². The quantitative estimate of drug-likeness (QED) is 0.154. The third-order valence-electron chi connectivity index (χ3n) is 11.6. The second-order valence-corrected chi connectivity index (χ2v) is 14.9. The molecular formula is C56H37N. The number of anilines is 3. The second kappa shape index (κ2) is 13.7. The average Bonchev–Trinajstić information content (AvgIpc) is 3.29. The van der Waals surface area contributed by atoms with Crippen molar-refractivity contribution in [3.8, 4) is 33.4 Å². The predicted octanol–water partition coefficient (Wildman–Crippen LogP) is 15.9. The van der Waals surface area contributed by atoms with Gasteiger partial charge in [0.25, 0.3) is 0 Å². The van der Waals surface area contributed by atoms with Gasteiger partial charge in [0, 0.05) is 16.9 Å². The van der Waals surface area contributed by atoms with Gasteiger partial charge in [-0.25, -0.2) is 0 Å². The van der Waals surface area contributed by atoms with Crippen molar-refractivity contribution >= 4 is 70.9 Å². The van der Waals surface area contributed by atoms with Crippen LogP contribution in [-0.4, -0.2) is 0 Å². The van der Waals surface area contributed by atoms with E-state index < -0.39 is 0 Å². The average molecular weight is 724 g/mol. The molecule has 0 aliphatic carbocycles. The molecular weight excluding hydrogens is 687 g/mol. The first-order chi connectivity index (χ1) is 28.3. The minimum atomic E-state index is 1.11. The number of benzene rings is 11. The monoisotopic (exact) mass is 723 g/mol. The van der Waals surface area contributed by atoms with E-state index in [9.17, 15) is 0 Å². The molecule has 0 fully saturated rings. The van der Waals surface area contributed by atoms with Gasteiger partial charge in [0.1, 0.15) is 0 Å². The van der Waals surface area contributed by atoms with Gasteiger partial charge in [-0.3, -0.25) is 0 Å². The van der Waals surface area contributed by atoms with Gasteiger partial charge in [-0.1, -0.05) is 188 Å². The largest absolute Gasteiger partial charge is 0.310 e. The highest BCUT2D eigenvalue weighted by molar-refractivity contribution is 6.21. The van der Waals surface area contributed by atoms with Crippen LogP contribution < -0.4 is 4.90 Å². The van der Waals surface area contributed by atoms with Crippen molar-refractivity contribution in [2.45, 2.75) is 0 Å². The predicted molar refractivity (Wildman–Crippen MR) is 245 cm³/mol. The molecule has 266 valence electrons. The Morgan fingerprint density at radius 1 is 0.228 bits per heavy atom. The van der Waals surface area contributed by atoms with Crippen molar-refractivity contribution in [3.63, 3.8) is 0 Å². The summed E-state index contributed by atoms with van der Waals surface area (Å²) in [7, 11) is 0. The fourth-order valence-electron chi connectivity index (χ4n) is 8.86. The van der Waals surface area contributed by atoms with E-state index in [1.807, 2.05) is 0 Å². The molecule has 0 unspecified atom stereocenters. The number of hydrogen-bond acceptors (Lipinski definition) is 1. The van der Waals surface area contributed by atoms with Gasteiger partial charge < -0.3 is 4.90 Å². The number of rotatable bonds is 6. The first-order valence-corrected chi connectivity index (χ1v) is 19.7. The molecule has 11 rings (SSSR count). The molecule has 0 saturated carbocycles. The number of para-hydroxylation sites is 1. The Hall–Kier alpha value is -7.48. The maximum absolute atomic E-state index is 2.42. The highest BCUT2D eigenvalue weighted by Gasteiger charge is 2.19. The lowest BCUT2D eigenvalue weighted by molar-refractivity contribution is 1.29. The maximum atomic E-state index is 2.42. The van der Waals surface area contributed by atoms with Crippen LogP contribution in [0.25, 0.3) is 87.2 Å². The Balaban J connectivity index is 1.07. The fraction of sp³-hybridized carbons (Fsp3) is 0. The fourth-order valence-corrected chi connectivity index (χ4v) is 8.86. The van der Waals surface area contributed by atoms with Gasteiger partial charge in [-0.05, 0) is 118 Å². The third-order valence-corrected chi connectivity index (χ3v) is 11.6. The van der Waals surface area contributed by atoms with Crippen LogP contribution in [0.5, 0.6) is 0 Å². The summed E-state index contributed by atoms with van der Waals surface area (Å²) in [4.78, 5) is 2.42. The standard InChI is InChI=1S/C56H37N/c1-2-13-38(14-3-1)43-17-12-18-45(35-43)57(46-32-34-49-44(36-46)30-29-39-15-4-6-19-47(39)49)56-24-11-10-21-50(56)41-25-27-42(28-26-41)54-37-55-48-20-7-5-16-40(48)31-33-53(55)51-22-8-9-23-52(51)54/h1-37H. The van der Waals surface area contributed by atoms with E-state index >= 15 is 0 Å². The van der Waals surface area contributed by atoms with Crippen LogP contribution >= 0.6 is 0 Å². The molecule has 0 aliphatic heterocycles. The minimum Gasteiger partial charge on any atom is -0.310 e. The van der Waals surface area contributed by atoms with E-state index in [4.69, 9.17) is 0 Å². The highest BCUT2D eigenvalue weighted by atomic mass is 15.1. The second-order valence-electron chi connectivity index (χ2n) is 14.9. The molecule has 57 heavy (non-hydrogen) atoms. The number of hydrogen-bond donors (Lipinski definition) is 0. The van der Waals surface area contributed by atoms with Crippen LogP contribution in [0.3, 0.4) is 0 Å². The lowest BCUT2D eigenvalue weighted by Gasteiger charge is -2.28. The molecule has 0 radical (unpaired) electrons. The molecule has 0 saturated heterocycles. The van der Waals surface area contributed by atoms with Crippen molar-refractivity contribution < 1.29 is 0 Å². The Bertz CT molecular complexity index is 3290. The van der Waals surface area contributed by atoms with E-state index in [1.165, 1.54) is 87.2 Å². The summed E-state index contributed by atoms with van der Waals surface area (Å²) in [6.45, 7) is 0. The van der Waals surface area contributed by atoms with Crippen molar-refractivity contribution in [2.24, 2.45) is 0 Å². The first-order valence-electron chi connectivity index (χ1n) is 19.7. The van der Waals surface area contributed by atoms with Gasteiger partial charge in [-0.15, -0.1) is 0 Å². The molecule has 0 amide bonds. The highest BCUT2D eigenvalue weighted by Crippen LogP contribution is 2.44. The Morgan fingerprint density at radius 2 is 0.754 bits per heavy atom. The maximum Gasteiger partial charge on any atom is 0.0540 e. The summed E-state index contributed by atoms with van der Waals surface area (Å²) >= 11 is 0. The minimum absolute atomic E-state index is 1.11. The van der Waals surface area contributed by atoms with E-state index in [-0.39, 0.29) is 0 Å². The zero-order valence-corrected chi connectivity index (χ0v) is 31.3. The summed E-state index contributed by atoms with van der Waals surface area (Å²) in [5, 5.41) is 12.7.